The zero-order valence-electron chi connectivity index (χ0n) is 8.65. The Balaban J connectivity index is 2.40. The molecule has 15 heavy (non-hydrogen) atoms. The molecule has 0 saturated heterocycles. The standard InChI is InChI=1S/C12H12O3/c1-12(2)7-10(11(14)15-12)8-3-5-9(13)6-4-8/h3-7,13H,1-2H3. The van der Waals surface area contributed by atoms with E-state index in [1.165, 1.54) is 0 Å². The number of aromatic hydroxyl groups is 1. The Bertz CT molecular complexity index is 427. The van der Waals surface area contributed by atoms with E-state index in [1.807, 2.05) is 13.8 Å². The van der Waals surface area contributed by atoms with Crippen LogP contribution in [-0.4, -0.2) is 16.7 Å². The van der Waals surface area contributed by atoms with Gasteiger partial charge in [0.15, 0.2) is 0 Å². The Morgan fingerprint density at radius 2 is 1.80 bits per heavy atom. The minimum absolute atomic E-state index is 0.185. The topological polar surface area (TPSA) is 46.5 Å². The molecule has 0 atom stereocenters. The second-order valence-electron chi connectivity index (χ2n) is 4.10. The van der Waals surface area contributed by atoms with Gasteiger partial charge in [-0.25, -0.2) is 4.79 Å². The van der Waals surface area contributed by atoms with Gasteiger partial charge in [0.25, 0.3) is 0 Å². The molecule has 3 heteroatoms. The number of carbonyl (C=O) groups excluding carboxylic acids is 1. The molecule has 2 rings (SSSR count). The first kappa shape index (κ1) is 9.77. The molecule has 0 aromatic heterocycles. The monoisotopic (exact) mass is 204 g/mol. The van der Waals surface area contributed by atoms with E-state index in [0.717, 1.165) is 5.56 Å². The highest BCUT2D eigenvalue weighted by molar-refractivity contribution is 6.18. The molecule has 1 aliphatic heterocycles. The molecule has 78 valence electrons. The summed E-state index contributed by atoms with van der Waals surface area (Å²) in [6.07, 6.45) is 1.79. The summed E-state index contributed by atoms with van der Waals surface area (Å²) in [5.41, 5.74) is 0.785. The molecule has 0 aliphatic carbocycles. The van der Waals surface area contributed by atoms with Gasteiger partial charge in [0, 0.05) is 0 Å². The number of benzene rings is 1. The first-order chi connectivity index (χ1) is 6.98. The maximum absolute atomic E-state index is 11.5. The van der Waals surface area contributed by atoms with Gasteiger partial charge < -0.3 is 9.84 Å². The first-order valence-electron chi connectivity index (χ1n) is 4.73. The number of esters is 1. The van der Waals surface area contributed by atoms with Crippen LogP contribution in [0.2, 0.25) is 0 Å². The van der Waals surface area contributed by atoms with E-state index in [2.05, 4.69) is 0 Å². The fraction of sp³-hybridized carbons (Fsp3) is 0.250. The van der Waals surface area contributed by atoms with Gasteiger partial charge in [-0.15, -0.1) is 0 Å². The fourth-order valence-electron chi connectivity index (χ4n) is 1.57. The maximum atomic E-state index is 11.5. The minimum Gasteiger partial charge on any atom is -0.508 e. The Morgan fingerprint density at radius 1 is 1.20 bits per heavy atom. The SMILES string of the molecule is CC1(C)C=C(c2ccc(O)cc2)C(=O)O1. The van der Waals surface area contributed by atoms with Crippen molar-refractivity contribution in [2.24, 2.45) is 0 Å². The summed E-state index contributed by atoms with van der Waals surface area (Å²) in [6.45, 7) is 3.66. The molecule has 1 N–H and O–H groups in total. The lowest BCUT2D eigenvalue weighted by molar-refractivity contribution is -0.142. The number of phenolic OH excluding ortho intramolecular Hbond substituents is 1. The van der Waals surface area contributed by atoms with Crippen LogP contribution >= 0.6 is 0 Å². The molecule has 0 bridgehead atoms. The largest absolute Gasteiger partial charge is 0.508 e. The van der Waals surface area contributed by atoms with Crippen molar-refractivity contribution in [3.63, 3.8) is 0 Å². The molecular formula is C12H12O3. The van der Waals surface area contributed by atoms with E-state index in [-0.39, 0.29) is 11.7 Å². The first-order valence-corrected chi connectivity index (χ1v) is 4.73. The average molecular weight is 204 g/mol. The third kappa shape index (κ3) is 1.86. The summed E-state index contributed by atoms with van der Waals surface area (Å²) in [5.74, 6) is -0.129. The van der Waals surface area contributed by atoms with Crippen LogP contribution in [0.15, 0.2) is 30.3 Å². The van der Waals surface area contributed by atoms with E-state index < -0.39 is 5.60 Å². The normalized spacial score (nSPS) is 18.5. The third-order valence-electron chi connectivity index (χ3n) is 2.25. The highest BCUT2D eigenvalue weighted by Crippen LogP contribution is 2.30. The van der Waals surface area contributed by atoms with Gasteiger partial charge in [0.1, 0.15) is 11.4 Å². The molecular weight excluding hydrogens is 192 g/mol. The van der Waals surface area contributed by atoms with Crippen LogP contribution in [-0.2, 0) is 9.53 Å². The average Bonchev–Trinajstić information content (AvgIpc) is 2.41. The van der Waals surface area contributed by atoms with E-state index >= 15 is 0 Å². The van der Waals surface area contributed by atoms with Gasteiger partial charge in [-0.1, -0.05) is 12.1 Å². The summed E-state index contributed by atoms with van der Waals surface area (Å²) in [4.78, 5) is 11.5. The van der Waals surface area contributed by atoms with Gasteiger partial charge >= 0.3 is 5.97 Å². The quantitative estimate of drug-likeness (QED) is 0.712. The molecule has 0 amide bonds. The summed E-state index contributed by atoms with van der Waals surface area (Å²) in [6, 6.07) is 6.50. The lowest BCUT2D eigenvalue weighted by atomic mass is 10.0. The van der Waals surface area contributed by atoms with Crippen LogP contribution in [0.5, 0.6) is 5.75 Å². The van der Waals surface area contributed by atoms with Gasteiger partial charge in [0.05, 0.1) is 5.57 Å². The van der Waals surface area contributed by atoms with Crippen LogP contribution in [0.4, 0.5) is 0 Å². The van der Waals surface area contributed by atoms with Crippen molar-refractivity contribution in [3.8, 4) is 5.75 Å². The third-order valence-corrected chi connectivity index (χ3v) is 2.25. The lowest BCUT2D eigenvalue weighted by Gasteiger charge is -2.12. The van der Waals surface area contributed by atoms with Crippen molar-refractivity contribution >= 4 is 11.5 Å². The lowest BCUT2D eigenvalue weighted by Crippen LogP contribution is -2.17. The summed E-state index contributed by atoms with van der Waals surface area (Å²) in [5, 5.41) is 9.13. The van der Waals surface area contributed by atoms with E-state index in [4.69, 9.17) is 9.84 Å². The molecule has 1 aromatic rings. The van der Waals surface area contributed by atoms with E-state index in [0.29, 0.717) is 5.57 Å². The summed E-state index contributed by atoms with van der Waals surface area (Å²) < 4.78 is 5.15. The molecule has 0 radical (unpaired) electrons. The number of cyclic esters (lactones) is 1. The van der Waals surface area contributed by atoms with Crippen LogP contribution < -0.4 is 0 Å². The van der Waals surface area contributed by atoms with E-state index in [9.17, 15) is 4.79 Å². The van der Waals surface area contributed by atoms with Gasteiger partial charge in [-0.3, -0.25) is 0 Å². The van der Waals surface area contributed by atoms with Crippen LogP contribution in [0, 0.1) is 0 Å². The second-order valence-corrected chi connectivity index (χ2v) is 4.10. The zero-order chi connectivity index (χ0) is 11.1. The Kier molecular flexibility index (Phi) is 2.03. The van der Waals surface area contributed by atoms with Crippen molar-refractivity contribution in [2.45, 2.75) is 19.4 Å². The van der Waals surface area contributed by atoms with Crippen LogP contribution in [0.3, 0.4) is 0 Å². The molecule has 1 aromatic carbocycles. The van der Waals surface area contributed by atoms with Crippen molar-refractivity contribution < 1.29 is 14.6 Å². The van der Waals surface area contributed by atoms with E-state index in [1.54, 1.807) is 30.3 Å². The number of hydrogen-bond donors (Lipinski definition) is 1. The Morgan fingerprint density at radius 3 is 2.27 bits per heavy atom. The van der Waals surface area contributed by atoms with Gasteiger partial charge in [-0.05, 0) is 37.6 Å². The highest BCUT2D eigenvalue weighted by Gasteiger charge is 2.32. The van der Waals surface area contributed by atoms with Crippen molar-refractivity contribution in [3.05, 3.63) is 35.9 Å². The summed E-state index contributed by atoms with van der Waals surface area (Å²) in [7, 11) is 0. The molecule has 0 fully saturated rings. The Hall–Kier alpha value is -1.77. The number of ether oxygens (including phenoxy) is 1. The minimum atomic E-state index is -0.537. The predicted octanol–water partition coefficient (Wildman–Crippen LogP) is 2.11. The Labute approximate surface area is 88.0 Å². The van der Waals surface area contributed by atoms with Crippen LogP contribution in [0.25, 0.3) is 5.57 Å². The number of rotatable bonds is 1. The smallest absolute Gasteiger partial charge is 0.339 e. The molecule has 0 spiro atoms. The molecule has 1 aliphatic rings. The van der Waals surface area contributed by atoms with Crippen LogP contribution in [0.1, 0.15) is 19.4 Å². The molecule has 1 heterocycles. The predicted molar refractivity (Wildman–Crippen MR) is 56.3 cm³/mol. The molecule has 0 unspecified atom stereocenters. The summed E-state index contributed by atoms with van der Waals surface area (Å²) >= 11 is 0. The maximum Gasteiger partial charge on any atom is 0.339 e. The van der Waals surface area contributed by atoms with Crippen molar-refractivity contribution in [1.29, 1.82) is 0 Å². The number of carbonyl (C=O) groups is 1. The molecule has 0 saturated carbocycles. The molecule has 3 nitrogen and oxygen atoms in total. The second kappa shape index (κ2) is 3.12. The number of hydrogen-bond acceptors (Lipinski definition) is 3. The van der Waals surface area contributed by atoms with Crippen molar-refractivity contribution in [1.82, 2.24) is 0 Å². The zero-order valence-corrected chi connectivity index (χ0v) is 8.65. The van der Waals surface area contributed by atoms with Crippen molar-refractivity contribution in [2.75, 3.05) is 0 Å². The fourth-order valence-corrected chi connectivity index (χ4v) is 1.57. The van der Waals surface area contributed by atoms with Gasteiger partial charge in [0.2, 0.25) is 0 Å². The number of phenols is 1. The van der Waals surface area contributed by atoms with Gasteiger partial charge in [-0.2, -0.15) is 0 Å². The highest BCUT2D eigenvalue weighted by atomic mass is 16.6.